The first kappa shape index (κ1) is 12.4. The molecule has 96 valence electrons. The van der Waals surface area contributed by atoms with Gasteiger partial charge >= 0.3 is 0 Å². The third-order valence-electron chi connectivity index (χ3n) is 3.28. The first-order valence-electron chi connectivity index (χ1n) is 6.17. The van der Waals surface area contributed by atoms with Crippen molar-refractivity contribution in [2.24, 2.45) is 0 Å². The lowest BCUT2D eigenvalue weighted by Gasteiger charge is -1.99. The van der Waals surface area contributed by atoms with Crippen molar-refractivity contribution in [1.82, 2.24) is 0 Å². The molecule has 1 heterocycles. The smallest absolute Gasteiger partial charge is 0.194 e. The van der Waals surface area contributed by atoms with E-state index in [2.05, 4.69) is 0 Å². The fraction of sp³-hybridized carbons (Fsp3) is 0.188. The van der Waals surface area contributed by atoms with Gasteiger partial charge in [0.15, 0.2) is 11.9 Å². The summed E-state index contributed by atoms with van der Waals surface area (Å²) in [6.07, 6.45) is -0.491. The number of Topliss-reactive ketones (excluding diaryl/α,β-unsaturated/α-hetero) is 1. The van der Waals surface area contributed by atoms with Crippen molar-refractivity contribution in [1.29, 1.82) is 0 Å². The van der Waals surface area contributed by atoms with E-state index in [4.69, 9.17) is 16.3 Å². The van der Waals surface area contributed by atoms with E-state index in [0.29, 0.717) is 10.6 Å². The molecule has 2 nitrogen and oxygen atoms in total. The monoisotopic (exact) mass is 272 g/mol. The fourth-order valence-corrected chi connectivity index (χ4v) is 2.23. The summed E-state index contributed by atoms with van der Waals surface area (Å²) in [7, 11) is 0. The molecule has 1 saturated heterocycles. The van der Waals surface area contributed by atoms with Gasteiger partial charge in [0.25, 0.3) is 0 Å². The average Bonchev–Trinajstić information content (AvgIpc) is 3.20. The maximum absolute atomic E-state index is 12.2. The van der Waals surface area contributed by atoms with Gasteiger partial charge in [0.2, 0.25) is 0 Å². The summed E-state index contributed by atoms with van der Waals surface area (Å²) in [6.45, 7) is 2.00. The van der Waals surface area contributed by atoms with Gasteiger partial charge in [-0.3, -0.25) is 4.79 Å². The number of rotatable bonds is 3. The summed E-state index contributed by atoms with van der Waals surface area (Å²) < 4.78 is 5.50. The van der Waals surface area contributed by atoms with Crippen LogP contribution in [0.1, 0.15) is 27.6 Å². The first-order chi connectivity index (χ1) is 9.15. The number of ketones is 1. The van der Waals surface area contributed by atoms with E-state index in [1.165, 1.54) is 0 Å². The predicted molar refractivity (Wildman–Crippen MR) is 74.6 cm³/mol. The Labute approximate surface area is 117 Å². The van der Waals surface area contributed by atoms with Crippen LogP contribution in [-0.4, -0.2) is 11.9 Å². The summed E-state index contributed by atoms with van der Waals surface area (Å²) in [4.78, 5) is 12.2. The van der Waals surface area contributed by atoms with E-state index < -0.39 is 0 Å². The lowest BCUT2D eigenvalue weighted by Crippen LogP contribution is -2.08. The third kappa shape index (κ3) is 2.55. The van der Waals surface area contributed by atoms with Crippen LogP contribution in [0.2, 0.25) is 5.02 Å². The summed E-state index contributed by atoms with van der Waals surface area (Å²) in [6, 6.07) is 15.0. The molecule has 0 aromatic heterocycles. The highest BCUT2D eigenvalue weighted by Gasteiger charge is 2.46. The normalized spacial score (nSPS) is 21.2. The molecular formula is C16H13ClO2. The van der Waals surface area contributed by atoms with Crippen LogP contribution >= 0.6 is 11.6 Å². The van der Waals surface area contributed by atoms with E-state index in [1.54, 1.807) is 0 Å². The molecule has 0 N–H and O–H groups in total. The Bertz CT molecular complexity index is 602. The number of epoxide rings is 1. The molecule has 2 aromatic rings. The Hall–Kier alpha value is -1.64. The van der Waals surface area contributed by atoms with Crippen LogP contribution in [0.4, 0.5) is 0 Å². The second kappa shape index (κ2) is 4.80. The van der Waals surface area contributed by atoms with E-state index in [9.17, 15) is 4.79 Å². The van der Waals surface area contributed by atoms with Crippen LogP contribution in [0.5, 0.6) is 0 Å². The van der Waals surface area contributed by atoms with E-state index in [1.807, 2.05) is 55.5 Å². The average molecular weight is 273 g/mol. The number of carbonyl (C=O) groups is 1. The maximum atomic E-state index is 12.2. The summed E-state index contributed by atoms with van der Waals surface area (Å²) in [5.41, 5.74) is 2.84. The molecule has 1 fully saturated rings. The molecule has 3 rings (SSSR count). The molecule has 3 heteroatoms. The Balaban J connectivity index is 1.74. The minimum absolute atomic E-state index is 0.0416. The summed E-state index contributed by atoms with van der Waals surface area (Å²) >= 11 is 5.84. The van der Waals surface area contributed by atoms with Gasteiger partial charge in [-0.25, -0.2) is 0 Å². The van der Waals surface area contributed by atoms with Gasteiger partial charge < -0.3 is 4.74 Å². The highest BCUT2D eigenvalue weighted by atomic mass is 35.5. The van der Waals surface area contributed by atoms with Crippen molar-refractivity contribution < 1.29 is 9.53 Å². The number of ether oxygens (including phenoxy) is 1. The zero-order chi connectivity index (χ0) is 13.4. The molecule has 1 aliphatic heterocycles. The van der Waals surface area contributed by atoms with Gasteiger partial charge in [0, 0.05) is 10.6 Å². The molecular weight excluding hydrogens is 260 g/mol. The first-order valence-corrected chi connectivity index (χ1v) is 6.55. The van der Waals surface area contributed by atoms with Crippen molar-refractivity contribution >= 4 is 17.4 Å². The minimum Gasteiger partial charge on any atom is -0.356 e. The zero-order valence-electron chi connectivity index (χ0n) is 10.5. The van der Waals surface area contributed by atoms with Crippen molar-refractivity contribution in [3.63, 3.8) is 0 Å². The SMILES string of the molecule is Cc1ccc(C(=O)[C@@H]2O[C@H]2c2ccc(Cl)cc2)cc1. The van der Waals surface area contributed by atoms with E-state index in [0.717, 1.165) is 11.1 Å². The molecule has 2 aromatic carbocycles. The number of halogens is 1. The summed E-state index contributed by atoms with van der Waals surface area (Å²) in [5, 5.41) is 0.686. The van der Waals surface area contributed by atoms with E-state index in [-0.39, 0.29) is 18.0 Å². The number of hydrogen-bond donors (Lipinski definition) is 0. The van der Waals surface area contributed by atoms with Crippen LogP contribution < -0.4 is 0 Å². The lowest BCUT2D eigenvalue weighted by molar-refractivity contribution is 0.0953. The molecule has 0 radical (unpaired) electrons. The Morgan fingerprint density at radius 2 is 1.68 bits per heavy atom. The minimum atomic E-state index is -0.358. The van der Waals surface area contributed by atoms with Crippen LogP contribution in [0.15, 0.2) is 48.5 Å². The van der Waals surface area contributed by atoms with Gasteiger partial charge in [0.1, 0.15) is 6.10 Å². The van der Waals surface area contributed by atoms with Crippen LogP contribution in [0.3, 0.4) is 0 Å². The standard InChI is InChI=1S/C16H13ClO2/c1-10-2-4-11(5-3-10)14(18)16-15(19-16)12-6-8-13(17)9-7-12/h2-9,15-16H,1H3/t15-,16-/m0/s1. The molecule has 0 amide bonds. The topological polar surface area (TPSA) is 29.6 Å². The largest absolute Gasteiger partial charge is 0.356 e. The van der Waals surface area contributed by atoms with Gasteiger partial charge in [0.05, 0.1) is 0 Å². The second-order valence-electron chi connectivity index (χ2n) is 4.76. The van der Waals surface area contributed by atoms with Gasteiger partial charge in [-0.2, -0.15) is 0 Å². The fourth-order valence-electron chi connectivity index (χ4n) is 2.10. The summed E-state index contributed by atoms with van der Waals surface area (Å²) in [5.74, 6) is 0.0416. The van der Waals surface area contributed by atoms with Crippen molar-refractivity contribution in [2.75, 3.05) is 0 Å². The zero-order valence-corrected chi connectivity index (χ0v) is 11.2. The number of aryl methyl sites for hydroxylation is 1. The lowest BCUT2D eigenvalue weighted by atomic mass is 10.0. The Kier molecular flexibility index (Phi) is 3.13. The van der Waals surface area contributed by atoms with Crippen molar-refractivity contribution in [3.8, 4) is 0 Å². The van der Waals surface area contributed by atoms with Crippen LogP contribution in [0, 0.1) is 6.92 Å². The second-order valence-corrected chi connectivity index (χ2v) is 5.20. The number of hydrogen-bond acceptors (Lipinski definition) is 2. The van der Waals surface area contributed by atoms with E-state index >= 15 is 0 Å². The highest BCUT2D eigenvalue weighted by Crippen LogP contribution is 2.40. The van der Waals surface area contributed by atoms with Crippen molar-refractivity contribution in [3.05, 3.63) is 70.2 Å². The van der Waals surface area contributed by atoms with Crippen molar-refractivity contribution in [2.45, 2.75) is 19.1 Å². The quantitative estimate of drug-likeness (QED) is 0.625. The van der Waals surface area contributed by atoms with Gasteiger partial charge in [-0.05, 0) is 24.6 Å². The molecule has 2 atom stereocenters. The third-order valence-corrected chi connectivity index (χ3v) is 3.54. The maximum Gasteiger partial charge on any atom is 0.194 e. The van der Waals surface area contributed by atoms with Gasteiger partial charge in [-0.15, -0.1) is 0 Å². The predicted octanol–water partition coefficient (Wildman–Crippen LogP) is 3.97. The molecule has 0 spiro atoms. The molecule has 0 bridgehead atoms. The highest BCUT2D eigenvalue weighted by molar-refractivity contribution is 6.30. The molecule has 1 aliphatic rings. The molecule has 19 heavy (non-hydrogen) atoms. The number of benzene rings is 2. The number of carbonyl (C=O) groups excluding carboxylic acids is 1. The Morgan fingerprint density at radius 3 is 2.32 bits per heavy atom. The molecule has 0 aliphatic carbocycles. The van der Waals surface area contributed by atoms with Crippen LogP contribution in [-0.2, 0) is 4.74 Å². The van der Waals surface area contributed by atoms with Crippen LogP contribution in [0.25, 0.3) is 0 Å². The Morgan fingerprint density at radius 1 is 1.05 bits per heavy atom. The van der Waals surface area contributed by atoms with Gasteiger partial charge in [-0.1, -0.05) is 53.6 Å². The molecule has 0 unspecified atom stereocenters. The molecule has 0 saturated carbocycles.